The van der Waals surface area contributed by atoms with Crippen LogP contribution in [0, 0.1) is 0 Å². The lowest BCUT2D eigenvalue weighted by atomic mass is 9.85. The Bertz CT molecular complexity index is 382. The summed E-state index contributed by atoms with van der Waals surface area (Å²) in [5.41, 5.74) is 0. The molecule has 3 unspecified atom stereocenters. The van der Waals surface area contributed by atoms with E-state index in [0.29, 0.717) is 0 Å². The van der Waals surface area contributed by atoms with E-state index in [9.17, 15) is 30.1 Å². The van der Waals surface area contributed by atoms with Crippen molar-refractivity contribution in [2.45, 2.75) is 42.7 Å². The van der Waals surface area contributed by atoms with E-state index < -0.39 is 63.8 Å². The van der Waals surface area contributed by atoms with Gasteiger partial charge in [-0.1, -0.05) is 4.62 Å². The molecule has 22 heavy (non-hydrogen) atoms. The van der Waals surface area contributed by atoms with Gasteiger partial charge in [-0.05, 0) is 0 Å². The number of aliphatic hydroxyl groups excluding tert-OH is 7. The summed E-state index contributed by atoms with van der Waals surface area (Å²) in [6.45, 7) is -1.37. The molecule has 0 heterocycles. The van der Waals surface area contributed by atoms with Crippen molar-refractivity contribution in [1.29, 1.82) is 0 Å². The van der Waals surface area contributed by atoms with Gasteiger partial charge in [0, 0.05) is 0 Å². The van der Waals surface area contributed by atoms with Crippen LogP contribution in [-0.2, 0) is 18.2 Å². The molecule has 0 aromatic heterocycles. The molecule has 132 valence electrons. The normalized spacial score (nSPS) is 40.2. The fraction of sp³-hybridized carbons (Fsp3) is 1.00. The Morgan fingerprint density at radius 2 is 1.45 bits per heavy atom. The molecule has 1 fully saturated rings. The molecule has 0 amide bonds. The summed E-state index contributed by atoms with van der Waals surface area (Å²) >= 11 is 0. The number of aliphatic hydroxyl groups is 7. The quantitative estimate of drug-likeness (QED) is 0.160. The monoisotopic (exact) mass is 350 g/mol. The highest BCUT2D eigenvalue weighted by Crippen LogP contribution is 2.50. The van der Waals surface area contributed by atoms with Gasteiger partial charge in [0.05, 0.1) is 13.2 Å². The summed E-state index contributed by atoms with van der Waals surface area (Å²) in [6, 6.07) is 0. The summed E-state index contributed by atoms with van der Waals surface area (Å²) in [4.78, 5) is 0. The molecule has 0 aromatic rings. The highest BCUT2D eigenvalue weighted by atomic mass is 31.2. The van der Waals surface area contributed by atoms with Crippen molar-refractivity contribution < 1.29 is 59.9 Å². The van der Waals surface area contributed by atoms with Crippen LogP contribution >= 0.6 is 7.82 Å². The Hall–Kier alpha value is -0.210. The molecule has 0 saturated heterocycles. The number of hydrogen-bond donors (Lipinski definition) is 8. The first-order valence-corrected chi connectivity index (χ1v) is 7.69. The van der Waals surface area contributed by atoms with Crippen LogP contribution in [0.3, 0.4) is 0 Å². The maximum absolute atomic E-state index is 12.1. The van der Waals surface area contributed by atoms with Crippen LogP contribution in [0.5, 0.6) is 0 Å². The molecular weight excluding hydrogens is 329 g/mol. The number of phosphoric acid groups is 1. The van der Waals surface area contributed by atoms with Gasteiger partial charge in [-0.25, -0.2) is 10.5 Å². The summed E-state index contributed by atoms with van der Waals surface area (Å²) in [5.74, 6) is 2.84. The van der Waals surface area contributed by atoms with Crippen LogP contribution in [0.4, 0.5) is 0 Å². The zero-order chi connectivity index (χ0) is 17.1. The fourth-order valence-electron chi connectivity index (χ4n) is 1.80. The summed E-state index contributed by atoms with van der Waals surface area (Å²) in [7, 11) is -4.49. The molecule has 0 bridgehead atoms. The van der Waals surface area contributed by atoms with Crippen molar-refractivity contribution >= 4 is 7.82 Å². The molecule has 1 rings (SSSR count). The maximum Gasteiger partial charge on any atom is 0.521 e. The minimum absolute atomic E-state index is 0.671. The molecule has 1 saturated carbocycles. The van der Waals surface area contributed by atoms with E-state index in [0.717, 1.165) is 0 Å². The van der Waals surface area contributed by atoms with Gasteiger partial charge in [0.1, 0.15) is 42.7 Å². The molecule has 1 aliphatic rings. The van der Waals surface area contributed by atoms with Crippen LogP contribution in [0.25, 0.3) is 0 Å². The highest BCUT2D eigenvalue weighted by molar-refractivity contribution is 7.48. The van der Waals surface area contributed by atoms with Crippen molar-refractivity contribution in [2.75, 3.05) is 13.2 Å². The van der Waals surface area contributed by atoms with Gasteiger partial charge < -0.3 is 35.7 Å². The van der Waals surface area contributed by atoms with Crippen LogP contribution < -0.4 is 5.90 Å². The first-order chi connectivity index (χ1) is 10.2. The Morgan fingerprint density at radius 3 is 1.86 bits per heavy atom. The van der Waals surface area contributed by atoms with E-state index in [1.54, 1.807) is 0 Å². The summed E-state index contributed by atoms with van der Waals surface area (Å²) in [5, 5.41) is 65.6. The Morgan fingerprint density at radius 1 is 1.00 bits per heavy atom. The predicted molar refractivity (Wildman–Crippen MR) is 65.5 cm³/mol. The Balaban J connectivity index is 2.82. The summed E-state index contributed by atoms with van der Waals surface area (Å²) in [6.07, 6.45) is -12.7. The van der Waals surface area contributed by atoms with Crippen molar-refractivity contribution in [1.82, 2.24) is 0 Å². The van der Waals surface area contributed by atoms with E-state index in [1.807, 2.05) is 0 Å². The molecule has 0 aliphatic heterocycles. The van der Waals surface area contributed by atoms with Crippen LogP contribution in [0.1, 0.15) is 0 Å². The highest BCUT2D eigenvalue weighted by Gasteiger charge is 2.52. The number of rotatable bonds is 7. The van der Waals surface area contributed by atoms with Crippen LogP contribution in [0.2, 0.25) is 0 Å². The molecule has 0 radical (unpaired) electrons. The minimum atomic E-state index is -4.49. The summed E-state index contributed by atoms with van der Waals surface area (Å²) < 4.78 is 25.7. The van der Waals surface area contributed by atoms with Crippen molar-refractivity contribution in [3.05, 3.63) is 0 Å². The lowest BCUT2D eigenvalue weighted by molar-refractivity contribution is -0.644. The van der Waals surface area contributed by atoms with Gasteiger partial charge in [0.2, 0.25) is 0 Å². The Kier molecular flexibility index (Phi) is 7.26. The standard InChI is InChI=1S/C9H21NO11P/c10-21-22(18,19-2-3(12)1-11)20-9-7(16)5(14)4(13)6(15)8(9)17/h3-9,11-17H,1-2H2,10H3/q+1/t3-,4?,5-,6+,7+,8+,9?,22?/m0/s1. The topological polar surface area (TPSA) is 214 Å². The fourth-order valence-corrected chi connectivity index (χ4v) is 2.90. The molecule has 0 spiro atoms. The van der Waals surface area contributed by atoms with E-state index in [-0.39, 0.29) is 0 Å². The van der Waals surface area contributed by atoms with E-state index in [2.05, 4.69) is 15.0 Å². The van der Waals surface area contributed by atoms with E-state index >= 15 is 0 Å². The third kappa shape index (κ3) is 4.41. The number of hydrogen-bond acceptors (Lipinski definition) is 11. The van der Waals surface area contributed by atoms with Crippen molar-refractivity contribution in [3.63, 3.8) is 0 Å². The second kappa shape index (κ2) is 8.06. The molecule has 0 aromatic carbocycles. The van der Waals surface area contributed by atoms with Crippen LogP contribution in [-0.4, -0.2) is 91.7 Å². The van der Waals surface area contributed by atoms with Crippen molar-refractivity contribution in [3.8, 4) is 0 Å². The molecule has 10 N–H and O–H groups in total. The Labute approximate surface area is 124 Å². The van der Waals surface area contributed by atoms with Crippen LogP contribution in [0.15, 0.2) is 0 Å². The average Bonchev–Trinajstić information content (AvgIpc) is 2.52. The third-order valence-electron chi connectivity index (χ3n) is 3.12. The second-order valence-corrected chi connectivity index (χ2v) is 6.35. The predicted octanol–water partition coefficient (Wildman–Crippen LogP) is -5.16. The van der Waals surface area contributed by atoms with Gasteiger partial charge in [-0.2, -0.15) is 0 Å². The molecular formula is C9H21NO11P+. The zero-order valence-electron chi connectivity index (χ0n) is 11.4. The number of quaternary nitrogens is 1. The average molecular weight is 350 g/mol. The molecule has 13 heteroatoms. The van der Waals surface area contributed by atoms with E-state index in [1.165, 1.54) is 0 Å². The zero-order valence-corrected chi connectivity index (χ0v) is 12.3. The largest absolute Gasteiger partial charge is 0.521 e. The van der Waals surface area contributed by atoms with Gasteiger partial charge in [0.25, 0.3) is 0 Å². The lowest BCUT2D eigenvalue weighted by Crippen LogP contribution is -2.64. The minimum Gasteiger partial charge on any atom is -0.394 e. The van der Waals surface area contributed by atoms with Gasteiger partial charge in [0.15, 0.2) is 0 Å². The SMILES string of the molecule is [NH3+]OP(=O)(OC[C@@H](O)CO)OC1[C@H](O)[C@H](O)C(O)[C@H](O)[C@H]1O. The van der Waals surface area contributed by atoms with E-state index in [4.69, 9.17) is 14.7 Å². The van der Waals surface area contributed by atoms with Gasteiger partial charge >= 0.3 is 7.82 Å². The number of phosphoric ester groups is 1. The first-order valence-electron chi connectivity index (χ1n) is 6.23. The smallest absolute Gasteiger partial charge is 0.394 e. The van der Waals surface area contributed by atoms with Gasteiger partial charge in [-0.3, -0.25) is 9.05 Å². The second-order valence-electron chi connectivity index (χ2n) is 4.73. The lowest BCUT2D eigenvalue weighted by Gasteiger charge is -2.41. The first kappa shape index (κ1) is 19.8. The molecule has 12 nitrogen and oxygen atoms in total. The van der Waals surface area contributed by atoms with Crippen molar-refractivity contribution in [2.24, 2.45) is 0 Å². The third-order valence-corrected chi connectivity index (χ3v) is 4.40. The molecule has 1 aliphatic carbocycles. The maximum atomic E-state index is 12.1. The van der Waals surface area contributed by atoms with Gasteiger partial charge in [-0.15, -0.1) is 0 Å². The molecule has 8 atom stereocenters.